The summed E-state index contributed by atoms with van der Waals surface area (Å²) in [6.07, 6.45) is 2.70. The standard InChI is InChI=1S/C27H31N3S/c1-17-12-20(15-26(2,3)4)31-23(17)25-29-16-28-24(30-25)19-13-18-10-8-9-11-21(18)22(14-19)27(5,6)7/h8-14,16H,15H2,1-7H3. The Bertz CT molecular complexity index is 1240. The van der Waals surface area contributed by atoms with Gasteiger partial charge >= 0.3 is 0 Å². The van der Waals surface area contributed by atoms with Gasteiger partial charge in [0, 0.05) is 10.4 Å². The van der Waals surface area contributed by atoms with Gasteiger partial charge in [0.15, 0.2) is 11.6 Å². The maximum atomic E-state index is 4.90. The van der Waals surface area contributed by atoms with Gasteiger partial charge in [-0.2, -0.15) is 0 Å². The molecule has 2 aromatic heterocycles. The molecule has 0 amide bonds. The predicted octanol–water partition coefficient (Wildman–Crippen LogP) is 7.61. The summed E-state index contributed by atoms with van der Waals surface area (Å²) in [5.74, 6) is 1.49. The number of fused-ring (bicyclic) bond motifs is 1. The van der Waals surface area contributed by atoms with Crippen molar-refractivity contribution in [2.75, 3.05) is 0 Å². The highest BCUT2D eigenvalue weighted by molar-refractivity contribution is 7.15. The molecule has 0 atom stereocenters. The van der Waals surface area contributed by atoms with Crippen LogP contribution < -0.4 is 0 Å². The first-order chi connectivity index (χ1) is 14.5. The van der Waals surface area contributed by atoms with Crippen LogP contribution in [0.3, 0.4) is 0 Å². The van der Waals surface area contributed by atoms with Crippen LogP contribution in [0.1, 0.15) is 57.5 Å². The molecule has 4 rings (SSSR count). The molecular formula is C27H31N3S. The number of nitrogens with zero attached hydrogens (tertiary/aromatic N) is 3. The van der Waals surface area contributed by atoms with Crippen molar-refractivity contribution in [2.24, 2.45) is 5.41 Å². The average molecular weight is 430 g/mol. The smallest absolute Gasteiger partial charge is 0.173 e. The fraction of sp³-hybridized carbons (Fsp3) is 0.370. The maximum absolute atomic E-state index is 4.90. The molecule has 0 bridgehead atoms. The lowest BCUT2D eigenvalue weighted by atomic mass is 9.82. The van der Waals surface area contributed by atoms with Crippen molar-refractivity contribution in [3.8, 4) is 22.1 Å². The first kappa shape index (κ1) is 21.6. The second-order valence-corrected chi connectivity index (χ2v) is 11.7. The highest BCUT2D eigenvalue weighted by Gasteiger charge is 2.20. The number of thiophene rings is 1. The molecule has 0 aliphatic carbocycles. The molecule has 0 aliphatic heterocycles. The Balaban J connectivity index is 1.80. The van der Waals surface area contributed by atoms with Crippen molar-refractivity contribution in [3.63, 3.8) is 0 Å². The van der Waals surface area contributed by atoms with Crippen LogP contribution in [-0.2, 0) is 11.8 Å². The van der Waals surface area contributed by atoms with Crippen LogP contribution in [0.15, 0.2) is 48.8 Å². The Hall–Kier alpha value is -2.59. The number of rotatable bonds is 3. The highest BCUT2D eigenvalue weighted by atomic mass is 32.1. The van der Waals surface area contributed by atoms with E-state index >= 15 is 0 Å². The minimum absolute atomic E-state index is 0.0255. The van der Waals surface area contributed by atoms with Crippen LogP contribution in [0.4, 0.5) is 0 Å². The van der Waals surface area contributed by atoms with Gasteiger partial charge < -0.3 is 0 Å². The van der Waals surface area contributed by atoms with Gasteiger partial charge in [0.05, 0.1) is 4.88 Å². The highest BCUT2D eigenvalue weighted by Crippen LogP contribution is 2.36. The van der Waals surface area contributed by atoms with E-state index in [2.05, 4.69) is 101 Å². The van der Waals surface area contributed by atoms with E-state index in [1.54, 1.807) is 17.7 Å². The topological polar surface area (TPSA) is 38.7 Å². The zero-order chi connectivity index (χ0) is 22.4. The van der Waals surface area contributed by atoms with Gasteiger partial charge in [-0.15, -0.1) is 11.3 Å². The van der Waals surface area contributed by atoms with E-state index in [4.69, 9.17) is 4.98 Å². The molecule has 0 fully saturated rings. The number of benzene rings is 2. The second-order valence-electron chi connectivity index (χ2n) is 10.6. The third kappa shape index (κ3) is 4.69. The third-order valence-corrected chi connectivity index (χ3v) is 6.61. The molecule has 4 heteroatoms. The zero-order valence-corrected chi connectivity index (χ0v) is 20.4. The minimum atomic E-state index is 0.0255. The summed E-state index contributed by atoms with van der Waals surface area (Å²) >= 11 is 1.80. The lowest BCUT2D eigenvalue weighted by Crippen LogP contribution is -2.12. The first-order valence-electron chi connectivity index (χ1n) is 10.8. The quantitative estimate of drug-likeness (QED) is 0.336. The molecule has 2 heterocycles. The molecule has 31 heavy (non-hydrogen) atoms. The zero-order valence-electron chi connectivity index (χ0n) is 19.6. The molecular weight excluding hydrogens is 398 g/mol. The van der Waals surface area contributed by atoms with Crippen LogP contribution >= 0.6 is 11.3 Å². The monoisotopic (exact) mass is 429 g/mol. The fourth-order valence-electron chi connectivity index (χ4n) is 3.98. The molecule has 4 aromatic rings. The summed E-state index contributed by atoms with van der Waals surface area (Å²) in [5.41, 5.74) is 3.86. The third-order valence-electron chi connectivity index (χ3n) is 5.38. The number of hydrogen-bond donors (Lipinski definition) is 0. The summed E-state index contributed by atoms with van der Waals surface area (Å²) in [4.78, 5) is 16.5. The lowest BCUT2D eigenvalue weighted by molar-refractivity contribution is 0.414. The summed E-state index contributed by atoms with van der Waals surface area (Å²) in [7, 11) is 0. The Morgan fingerprint density at radius 2 is 1.58 bits per heavy atom. The van der Waals surface area contributed by atoms with Crippen LogP contribution in [-0.4, -0.2) is 15.0 Å². The fourth-order valence-corrected chi connectivity index (χ4v) is 5.40. The summed E-state index contributed by atoms with van der Waals surface area (Å²) in [6, 6.07) is 15.3. The van der Waals surface area contributed by atoms with Crippen molar-refractivity contribution in [3.05, 3.63) is 64.8 Å². The number of hydrogen-bond acceptors (Lipinski definition) is 4. The van der Waals surface area contributed by atoms with Crippen molar-refractivity contribution in [2.45, 2.75) is 60.3 Å². The minimum Gasteiger partial charge on any atom is -0.217 e. The Kier molecular flexibility index (Phi) is 5.47. The van der Waals surface area contributed by atoms with Crippen LogP contribution in [0.25, 0.3) is 32.9 Å². The van der Waals surface area contributed by atoms with Crippen LogP contribution in [0, 0.1) is 12.3 Å². The molecule has 160 valence electrons. The van der Waals surface area contributed by atoms with E-state index in [-0.39, 0.29) is 10.8 Å². The van der Waals surface area contributed by atoms with E-state index in [9.17, 15) is 0 Å². The average Bonchev–Trinajstić information content (AvgIpc) is 3.04. The molecule has 0 saturated carbocycles. The van der Waals surface area contributed by atoms with Crippen LogP contribution in [0.2, 0.25) is 0 Å². The first-order valence-corrected chi connectivity index (χ1v) is 11.7. The lowest BCUT2D eigenvalue weighted by Gasteiger charge is -2.22. The normalized spacial score (nSPS) is 12.5. The van der Waals surface area contributed by atoms with Gasteiger partial charge in [0.25, 0.3) is 0 Å². The summed E-state index contributed by atoms with van der Waals surface area (Å²) in [6.45, 7) is 15.7. The van der Waals surface area contributed by atoms with E-state index in [0.717, 1.165) is 28.5 Å². The van der Waals surface area contributed by atoms with Gasteiger partial charge in [0.1, 0.15) is 6.33 Å². The molecule has 0 radical (unpaired) electrons. The van der Waals surface area contributed by atoms with E-state index < -0.39 is 0 Å². The predicted molar refractivity (Wildman–Crippen MR) is 133 cm³/mol. The Morgan fingerprint density at radius 1 is 0.871 bits per heavy atom. The number of aromatic nitrogens is 3. The van der Waals surface area contributed by atoms with Gasteiger partial charge in [-0.25, -0.2) is 15.0 Å². The Labute approximate surface area is 189 Å². The molecule has 0 saturated heterocycles. The van der Waals surface area contributed by atoms with E-state index in [0.29, 0.717) is 0 Å². The molecule has 0 spiro atoms. The molecule has 0 aliphatic rings. The number of aryl methyl sites for hydroxylation is 1. The molecule has 0 unspecified atom stereocenters. The second kappa shape index (κ2) is 7.83. The maximum Gasteiger partial charge on any atom is 0.173 e. The molecule has 3 nitrogen and oxygen atoms in total. The summed E-state index contributed by atoms with van der Waals surface area (Å²) < 4.78 is 0. The van der Waals surface area contributed by atoms with Gasteiger partial charge in [-0.3, -0.25) is 0 Å². The van der Waals surface area contributed by atoms with Crippen molar-refractivity contribution in [1.29, 1.82) is 0 Å². The molecule has 0 N–H and O–H groups in total. The SMILES string of the molecule is Cc1cc(CC(C)(C)C)sc1-c1ncnc(-c2cc(C(C)(C)C)c3ccccc3c2)n1. The van der Waals surface area contributed by atoms with Crippen molar-refractivity contribution in [1.82, 2.24) is 15.0 Å². The van der Waals surface area contributed by atoms with Crippen molar-refractivity contribution < 1.29 is 0 Å². The largest absolute Gasteiger partial charge is 0.217 e. The van der Waals surface area contributed by atoms with Crippen molar-refractivity contribution >= 4 is 22.1 Å². The Morgan fingerprint density at radius 3 is 2.29 bits per heavy atom. The van der Waals surface area contributed by atoms with E-state index in [1.165, 1.54) is 26.8 Å². The molecule has 2 aromatic carbocycles. The van der Waals surface area contributed by atoms with Crippen LogP contribution in [0.5, 0.6) is 0 Å². The van der Waals surface area contributed by atoms with Gasteiger partial charge in [-0.05, 0) is 64.3 Å². The summed E-state index contributed by atoms with van der Waals surface area (Å²) in [5, 5.41) is 2.50. The van der Waals surface area contributed by atoms with E-state index in [1.807, 2.05) is 0 Å². The van der Waals surface area contributed by atoms with Gasteiger partial charge in [0.2, 0.25) is 0 Å². The van der Waals surface area contributed by atoms with Gasteiger partial charge in [-0.1, -0.05) is 65.8 Å².